The van der Waals surface area contributed by atoms with E-state index in [1.54, 1.807) is 18.4 Å². The number of benzene rings is 1. The molecule has 1 amide bonds. The van der Waals surface area contributed by atoms with Gasteiger partial charge in [-0.15, -0.1) is 0 Å². The van der Waals surface area contributed by atoms with Gasteiger partial charge in [-0.1, -0.05) is 12.1 Å². The molecule has 1 saturated heterocycles. The van der Waals surface area contributed by atoms with Gasteiger partial charge in [-0.2, -0.15) is 11.3 Å². The topological polar surface area (TPSA) is 44.8 Å². The van der Waals surface area contributed by atoms with Gasteiger partial charge in [-0.25, -0.2) is 0 Å². The summed E-state index contributed by atoms with van der Waals surface area (Å²) >= 11 is 1.55. The molecular weight excluding hydrogens is 346 g/mol. The van der Waals surface area contributed by atoms with Crippen LogP contribution in [-0.4, -0.2) is 57.2 Å². The average Bonchev–Trinajstić information content (AvgIpc) is 3.23. The van der Waals surface area contributed by atoms with E-state index >= 15 is 0 Å². The number of nitrogens with one attached hydrogen (secondary N) is 1. The van der Waals surface area contributed by atoms with E-state index in [2.05, 4.69) is 27.2 Å². The van der Waals surface area contributed by atoms with E-state index in [0.717, 1.165) is 63.4 Å². The minimum absolute atomic E-state index is 0.0386. The van der Waals surface area contributed by atoms with Gasteiger partial charge in [0.1, 0.15) is 5.75 Å². The number of unbranched alkanes of at least 4 members (excludes halogenated alkanes) is 1. The van der Waals surface area contributed by atoms with Gasteiger partial charge in [0.05, 0.1) is 12.8 Å². The van der Waals surface area contributed by atoms with Gasteiger partial charge >= 0.3 is 0 Å². The molecule has 6 heteroatoms. The number of amides is 1. The van der Waals surface area contributed by atoms with Gasteiger partial charge in [-0.05, 0) is 43.0 Å². The molecule has 0 bridgehead atoms. The summed E-state index contributed by atoms with van der Waals surface area (Å²) in [6.45, 7) is 6.02. The number of piperazine rings is 1. The number of ether oxygens (including phenoxy) is 1. The van der Waals surface area contributed by atoms with E-state index in [9.17, 15) is 4.79 Å². The summed E-state index contributed by atoms with van der Waals surface area (Å²) in [4.78, 5) is 16.8. The van der Waals surface area contributed by atoms with Crippen molar-refractivity contribution in [2.75, 3.05) is 51.3 Å². The molecule has 0 saturated carbocycles. The van der Waals surface area contributed by atoms with Crippen molar-refractivity contribution in [3.8, 4) is 5.75 Å². The number of rotatable bonds is 8. The Morgan fingerprint density at radius 3 is 2.69 bits per heavy atom. The zero-order valence-corrected chi connectivity index (χ0v) is 16.1. The Balaban J connectivity index is 1.32. The summed E-state index contributed by atoms with van der Waals surface area (Å²) in [5.74, 6) is 0.985. The fraction of sp³-hybridized carbons (Fsp3) is 0.450. The van der Waals surface area contributed by atoms with Gasteiger partial charge in [0.2, 0.25) is 0 Å². The number of para-hydroxylation sites is 2. The fourth-order valence-corrected chi connectivity index (χ4v) is 3.90. The van der Waals surface area contributed by atoms with Gasteiger partial charge in [0, 0.05) is 43.7 Å². The molecule has 3 rings (SSSR count). The van der Waals surface area contributed by atoms with E-state index in [1.807, 2.05) is 29.0 Å². The number of carbonyl (C=O) groups excluding carboxylic acids is 1. The number of carbonyl (C=O) groups is 1. The van der Waals surface area contributed by atoms with Crippen LogP contribution in [0.3, 0.4) is 0 Å². The van der Waals surface area contributed by atoms with Crippen molar-refractivity contribution in [3.63, 3.8) is 0 Å². The predicted octanol–water partition coefficient (Wildman–Crippen LogP) is 3.09. The zero-order valence-electron chi connectivity index (χ0n) is 15.3. The Labute approximate surface area is 159 Å². The standard InChI is InChI=1S/C20H27N3O2S/c1-25-19-7-3-2-6-18(19)23-13-11-22(12-14-23)10-5-4-9-21-20(24)17-8-15-26-16-17/h2-3,6-8,15-16H,4-5,9-14H2,1H3,(H,21,24). The fourth-order valence-electron chi connectivity index (χ4n) is 3.26. The summed E-state index contributed by atoms with van der Waals surface area (Å²) in [7, 11) is 1.73. The molecule has 1 aromatic carbocycles. The number of anilines is 1. The van der Waals surface area contributed by atoms with Crippen LogP contribution in [-0.2, 0) is 0 Å². The van der Waals surface area contributed by atoms with Crippen LogP contribution in [0.2, 0.25) is 0 Å². The second-order valence-electron chi connectivity index (χ2n) is 6.48. The largest absolute Gasteiger partial charge is 0.495 e. The Morgan fingerprint density at radius 2 is 1.96 bits per heavy atom. The van der Waals surface area contributed by atoms with Crippen LogP contribution < -0.4 is 15.0 Å². The lowest BCUT2D eigenvalue weighted by molar-refractivity contribution is 0.0953. The van der Waals surface area contributed by atoms with E-state index in [4.69, 9.17) is 4.74 Å². The molecule has 26 heavy (non-hydrogen) atoms. The smallest absolute Gasteiger partial charge is 0.252 e. The van der Waals surface area contributed by atoms with Crippen molar-refractivity contribution in [2.45, 2.75) is 12.8 Å². The van der Waals surface area contributed by atoms with Gasteiger partial charge in [0.25, 0.3) is 5.91 Å². The van der Waals surface area contributed by atoms with Gasteiger partial charge < -0.3 is 15.0 Å². The predicted molar refractivity (Wildman–Crippen MR) is 108 cm³/mol. The molecule has 0 unspecified atom stereocenters. The van der Waals surface area contributed by atoms with E-state index in [-0.39, 0.29) is 5.91 Å². The SMILES string of the molecule is COc1ccccc1N1CCN(CCCCNC(=O)c2ccsc2)CC1. The molecule has 0 spiro atoms. The van der Waals surface area contributed by atoms with Gasteiger partial charge in [-0.3, -0.25) is 9.69 Å². The third-order valence-electron chi connectivity index (χ3n) is 4.77. The molecule has 0 atom stereocenters. The van der Waals surface area contributed by atoms with Gasteiger partial charge in [0.15, 0.2) is 0 Å². The first-order valence-electron chi connectivity index (χ1n) is 9.18. The number of thiophene rings is 1. The number of nitrogens with zero attached hydrogens (tertiary/aromatic N) is 2. The lowest BCUT2D eigenvalue weighted by atomic mass is 10.2. The normalized spacial score (nSPS) is 15.0. The molecule has 1 fully saturated rings. The van der Waals surface area contributed by atoms with Crippen molar-refractivity contribution in [1.29, 1.82) is 0 Å². The molecule has 1 aliphatic heterocycles. The number of methoxy groups -OCH3 is 1. The van der Waals surface area contributed by atoms with Crippen LogP contribution in [0.5, 0.6) is 5.75 Å². The summed E-state index contributed by atoms with van der Waals surface area (Å²) in [6.07, 6.45) is 2.13. The van der Waals surface area contributed by atoms with Crippen LogP contribution in [0.1, 0.15) is 23.2 Å². The third kappa shape index (κ3) is 4.99. The highest BCUT2D eigenvalue weighted by molar-refractivity contribution is 7.08. The maximum Gasteiger partial charge on any atom is 0.252 e. The Kier molecular flexibility index (Phi) is 6.91. The highest BCUT2D eigenvalue weighted by Crippen LogP contribution is 2.28. The average molecular weight is 374 g/mol. The molecule has 1 aliphatic rings. The molecule has 5 nitrogen and oxygen atoms in total. The molecular formula is C20H27N3O2S. The summed E-state index contributed by atoms with van der Waals surface area (Å²) < 4.78 is 5.47. The van der Waals surface area contributed by atoms with Crippen LogP contribution in [0, 0.1) is 0 Å². The third-order valence-corrected chi connectivity index (χ3v) is 5.45. The summed E-state index contributed by atoms with van der Waals surface area (Å²) in [6, 6.07) is 10.1. The monoisotopic (exact) mass is 373 g/mol. The lowest BCUT2D eigenvalue weighted by Crippen LogP contribution is -2.46. The number of hydrogen-bond acceptors (Lipinski definition) is 5. The first-order valence-corrected chi connectivity index (χ1v) is 10.1. The molecule has 1 aromatic heterocycles. The molecule has 0 aliphatic carbocycles. The summed E-state index contributed by atoms with van der Waals surface area (Å²) in [5.41, 5.74) is 1.95. The molecule has 2 heterocycles. The van der Waals surface area contributed by atoms with E-state index in [1.165, 1.54) is 5.69 Å². The first kappa shape index (κ1) is 18.7. The Bertz CT molecular complexity index is 682. The quantitative estimate of drug-likeness (QED) is 0.722. The number of hydrogen-bond donors (Lipinski definition) is 1. The summed E-state index contributed by atoms with van der Waals surface area (Å²) in [5, 5.41) is 6.81. The van der Waals surface area contributed by atoms with Crippen molar-refractivity contribution in [3.05, 3.63) is 46.7 Å². The van der Waals surface area contributed by atoms with Crippen molar-refractivity contribution < 1.29 is 9.53 Å². The van der Waals surface area contributed by atoms with E-state index in [0.29, 0.717) is 0 Å². The van der Waals surface area contributed by atoms with Crippen LogP contribution in [0.25, 0.3) is 0 Å². The minimum Gasteiger partial charge on any atom is -0.495 e. The van der Waals surface area contributed by atoms with Crippen LogP contribution >= 0.6 is 11.3 Å². The maximum absolute atomic E-state index is 11.9. The van der Waals surface area contributed by atoms with Crippen molar-refractivity contribution in [1.82, 2.24) is 10.2 Å². The molecule has 0 radical (unpaired) electrons. The second kappa shape index (κ2) is 9.59. The second-order valence-corrected chi connectivity index (χ2v) is 7.26. The molecule has 2 aromatic rings. The first-order chi connectivity index (χ1) is 12.8. The highest BCUT2D eigenvalue weighted by Gasteiger charge is 2.19. The van der Waals surface area contributed by atoms with Crippen LogP contribution in [0.15, 0.2) is 41.1 Å². The lowest BCUT2D eigenvalue weighted by Gasteiger charge is -2.36. The molecule has 1 N–H and O–H groups in total. The Hall–Kier alpha value is -2.05. The van der Waals surface area contributed by atoms with Crippen molar-refractivity contribution in [2.24, 2.45) is 0 Å². The Morgan fingerprint density at radius 1 is 1.15 bits per heavy atom. The van der Waals surface area contributed by atoms with Crippen molar-refractivity contribution >= 4 is 22.9 Å². The molecule has 140 valence electrons. The highest BCUT2D eigenvalue weighted by atomic mass is 32.1. The minimum atomic E-state index is 0.0386. The zero-order chi connectivity index (χ0) is 18.2. The maximum atomic E-state index is 11.9. The van der Waals surface area contributed by atoms with Crippen LogP contribution in [0.4, 0.5) is 5.69 Å². The van der Waals surface area contributed by atoms with E-state index < -0.39 is 0 Å².